The molecule has 0 unspecified atom stereocenters. The number of rotatable bonds is 9. The standard InChI is InChI=1S/C20H20ClN5O4S/c1-3-25-18(11-30-17-7-5-4-6-15(17)21)23-24-20(25)31-12-19(27)22-14-9-8-13(2)16(10-14)26(28)29/h4-10H,3,11-12H2,1-2H3,(H,22,27). The highest BCUT2D eigenvalue weighted by Crippen LogP contribution is 2.25. The van der Waals surface area contributed by atoms with Gasteiger partial charge in [0.2, 0.25) is 5.91 Å². The lowest BCUT2D eigenvalue weighted by Crippen LogP contribution is -2.15. The number of para-hydroxylation sites is 1. The average molecular weight is 462 g/mol. The smallest absolute Gasteiger partial charge is 0.274 e. The number of carbonyl (C=O) groups excluding carboxylic acids is 1. The molecule has 0 saturated carbocycles. The fourth-order valence-corrected chi connectivity index (χ4v) is 3.78. The summed E-state index contributed by atoms with van der Waals surface area (Å²) in [5, 5.41) is 23.1. The number of benzene rings is 2. The summed E-state index contributed by atoms with van der Waals surface area (Å²) in [5.41, 5.74) is 0.855. The molecule has 1 heterocycles. The van der Waals surface area contributed by atoms with Crippen LogP contribution in [0.3, 0.4) is 0 Å². The van der Waals surface area contributed by atoms with E-state index in [2.05, 4.69) is 15.5 Å². The molecule has 0 aliphatic heterocycles. The molecule has 0 aliphatic carbocycles. The van der Waals surface area contributed by atoms with Crippen LogP contribution >= 0.6 is 23.4 Å². The maximum absolute atomic E-state index is 12.3. The summed E-state index contributed by atoms with van der Waals surface area (Å²) >= 11 is 7.32. The molecule has 0 radical (unpaired) electrons. The van der Waals surface area contributed by atoms with Crippen molar-refractivity contribution in [3.8, 4) is 5.75 Å². The molecule has 31 heavy (non-hydrogen) atoms. The third kappa shape index (κ3) is 5.74. The van der Waals surface area contributed by atoms with E-state index in [1.807, 2.05) is 23.6 Å². The van der Waals surface area contributed by atoms with Crippen molar-refractivity contribution < 1.29 is 14.5 Å². The maximum atomic E-state index is 12.3. The van der Waals surface area contributed by atoms with Crippen molar-refractivity contribution in [3.63, 3.8) is 0 Å². The number of nitro groups is 1. The van der Waals surface area contributed by atoms with Crippen LogP contribution in [-0.4, -0.2) is 31.3 Å². The largest absolute Gasteiger partial charge is 0.484 e. The van der Waals surface area contributed by atoms with Crippen LogP contribution in [0.2, 0.25) is 5.02 Å². The summed E-state index contributed by atoms with van der Waals surface area (Å²) in [6.07, 6.45) is 0. The Hall–Kier alpha value is -3.11. The minimum Gasteiger partial charge on any atom is -0.484 e. The van der Waals surface area contributed by atoms with Gasteiger partial charge in [-0.05, 0) is 32.0 Å². The first-order chi connectivity index (χ1) is 14.9. The maximum Gasteiger partial charge on any atom is 0.274 e. The number of ether oxygens (including phenoxy) is 1. The van der Waals surface area contributed by atoms with E-state index in [1.54, 1.807) is 31.2 Å². The molecule has 0 spiro atoms. The van der Waals surface area contributed by atoms with E-state index in [0.717, 1.165) is 0 Å². The minimum atomic E-state index is -0.476. The molecule has 9 nitrogen and oxygen atoms in total. The highest BCUT2D eigenvalue weighted by atomic mass is 35.5. The van der Waals surface area contributed by atoms with Gasteiger partial charge in [-0.25, -0.2) is 0 Å². The van der Waals surface area contributed by atoms with Crippen LogP contribution in [0, 0.1) is 17.0 Å². The van der Waals surface area contributed by atoms with Crippen LogP contribution in [0.15, 0.2) is 47.6 Å². The highest BCUT2D eigenvalue weighted by Gasteiger charge is 2.16. The van der Waals surface area contributed by atoms with Crippen molar-refractivity contribution in [3.05, 3.63) is 69.0 Å². The van der Waals surface area contributed by atoms with Gasteiger partial charge in [0.1, 0.15) is 12.4 Å². The molecule has 0 fully saturated rings. The van der Waals surface area contributed by atoms with Gasteiger partial charge in [0, 0.05) is 23.9 Å². The van der Waals surface area contributed by atoms with Gasteiger partial charge in [-0.2, -0.15) is 0 Å². The topological polar surface area (TPSA) is 112 Å². The van der Waals surface area contributed by atoms with Crippen molar-refractivity contribution >= 4 is 40.6 Å². The quantitative estimate of drug-likeness (QED) is 0.284. The molecule has 1 aromatic heterocycles. The number of hydrogen-bond acceptors (Lipinski definition) is 7. The first kappa shape index (κ1) is 22.6. The lowest BCUT2D eigenvalue weighted by atomic mass is 10.2. The molecule has 0 atom stereocenters. The Morgan fingerprint density at radius 2 is 2.06 bits per heavy atom. The normalized spacial score (nSPS) is 10.7. The molecule has 1 amide bonds. The van der Waals surface area contributed by atoms with Gasteiger partial charge < -0.3 is 14.6 Å². The Morgan fingerprint density at radius 3 is 2.77 bits per heavy atom. The second-order valence-corrected chi connectivity index (χ2v) is 7.81. The van der Waals surface area contributed by atoms with Crippen molar-refractivity contribution in [1.29, 1.82) is 0 Å². The number of nitrogens with one attached hydrogen (secondary N) is 1. The predicted octanol–water partition coefficient (Wildman–Crippen LogP) is 4.48. The van der Waals surface area contributed by atoms with E-state index in [0.29, 0.717) is 39.5 Å². The van der Waals surface area contributed by atoms with Crippen LogP contribution < -0.4 is 10.1 Å². The number of hydrogen-bond donors (Lipinski definition) is 1. The molecular formula is C20H20ClN5O4S. The van der Waals surface area contributed by atoms with E-state index >= 15 is 0 Å². The second kappa shape index (κ2) is 10.3. The number of amides is 1. The molecule has 0 bridgehead atoms. The van der Waals surface area contributed by atoms with Crippen LogP contribution in [0.1, 0.15) is 18.3 Å². The summed E-state index contributed by atoms with van der Waals surface area (Å²) in [4.78, 5) is 22.9. The molecule has 1 N–H and O–H groups in total. The molecule has 162 valence electrons. The van der Waals surface area contributed by atoms with E-state index in [9.17, 15) is 14.9 Å². The van der Waals surface area contributed by atoms with Crippen LogP contribution in [0.25, 0.3) is 0 Å². The van der Waals surface area contributed by atoms with Gasteiger partial charge in [-0.15, -0.1) is 10.2 Å². The average Bonchev–Trinajstić information content (AvgIpc) is 3.14. The zero-order valence-electron chi connectivity index (χ0n) is 16.9. The number of halogens is 1. The van der Waals surface area contributed by atoms with E-state index in [1.165, 1.54) is 17.8 Å². The highest BCUT2D eigenvalue weighted by molar-refractivity contribution is 7.99. The van der Waals surface area contributed by atoms with Crippen molar-refractivity contribution in [2.45, 2.75) is 32.2 Å². The van der Waals surface area contributed by atoms with Gasteiger partial charge in [-0.1, -0.05) is 41.6 Å². The summed E-state index contributed by atoms with van der Waals surface area (Å²) in [6.45, 7) is 4.37. The van der Waals surface area contributed by atoms with Crippen LogP contribution in [-0.2, 0) is 17.9 Å². The fraction of sp³-hybridized carbons (Fsp3) is 0.250. The summed E-state index contributed by atoms with van der Waals surface area (Å²) < 4.78 is 7.58. The summed E-state index contributed by atoms with van der Waals surface area (Å²) in [5.74, 6) is 0.934. The monoisotopic (exact) mass is 461 g/mol. The van der Waals surface area contributed by atoms with Gasteiger partial charge in [-0.3, -0.25) is 14.9 Å². The lowest BCUT2D eigenvalue weighted by molar-refractivity contribution is -0.385. The molecule has 0 saturated heterocycles. The van der Waals surface area contributed by atoms with Gasteiger partial charge >= 0.3 is 0 Å². The number of anilines is 1. The number of nitrogens with zero attached hydrogens (tertiary/aromatic N) is 4. The van der Waals surface area contributed by atoms with E-state index in [4.69, 9.17) is 16.3 Å². The van der Waals surface area contributed by atoms with Crippen LogP contribution in [0.5, 0.6) is 5.75 Å². The second-order valence-electron chi connectivity index (χ2n) is 6.46. The number of carbonyl (C=O) groups is 1. The molecule has 11 heteroatoms. The zero-order valence-corrected chi connectivity index (χ0v) is 18.4. The van der Waals surface area contributed by atoms with Crippen LogP contribution in [0.4, 0.5) is 11.4 Å². The Balaban J connectivity index is 1.60. The van der Waals surface area contributed by atoms with Gasteiger partial charge in [0.25, 0.3) is 5.69 Å². The molecule has 3 rings (SSSR count). The van der Waals surface area contributed by atoms with Crippen molar-refractivity contribution in [2.24, 2.45) is 0 Å². The lowest BCUT2D eigenvalue weighted by Gasteiger charge is -2.10. The zero-order chi connectivity index (χ0) is 22.4. The molecular weight excluding hydrogens is 442 g/mol. The molecule has 2 aromatic carbocycles. The Labute approximate surface area is 187 Å². The Morgan fingerprint density at radius 1 is 1.29 bits per heavy atom. The van der Waals surface area contributed by atoms with E-state index in [-0.39, 0.29) is 24.0 Å². The number of aryl methyl sites for hydroxylation is 1. The fourth-order valence-electron chi connectivity index (χ4n) is 2.77. The first-order valence-electron chi connectivity index (χ1n) is 9.36. The predicted molar refractivity (Wildman–Crippen MR) is 119 cm³/mol. The van der Waals surface area contributed by atoms with Gasteiger partial charge in [0.15, 0.2) is 11.0 Å². The Bertz CT molecular complexity index is 1100. The molecule has 0 aliphatic rings. The summed E-state index contributed by atoms with van der Waals surface area (Å²) in [6, 6.07) is 11.7. The van der Waals surface area contributed by atoms with Crippen molar-refractivity contribution in [1.82, 2.24) is 14.8 Å². The Kier molecular flexibility index (Phi) is 7.48. The van der Waals surface area contributed by atoms with E-state index < -0.39 is 4.92 Å². The number of thioether (sulfide) groups is 1. The number of aromatic nitrogens is 3. The first-order valence-corrected chi connectivity index (χ1v) is 10.7. The third-order valence-corrected chi connectivity index (χ3v) is 5.60. The van der Waals surface area contributed by atoms with Gasteiger partial charge in [0.05, 0.1) is 15.7 Å². The summed E-state index contributed by atoms with van der Waals surface area (Å²) in [7, 11) is 0. The van der Waals surface area contributed by atoms with Crippen molar-refractivity contribution in [2.75, 3.05) is 11.1 Å². The number of nitro benzene ring substituents is 1. The SMILES string of the molecule is CCn1c(COc2ccccc2Cl)nnc1SCC(=O)Nc1ccc(C)c([N+](=O)[O-])c1. The minimum absolute atomic E-state index is 0.0423. The third-order valence-electron chi connectivity index (χ3n) is 4.33. The molecule has 3 aromatic rings.